The van der Waals surface area contributed by atoms with E-state index in [2.05, 4.69) is 19.1 Å². The molecule has 1 aliphatic carbocycles. The van der Waals surface area contributed by atoms with Gasteiger partial charge < -0.3 is 0 Å². The van der Waals surface area contributed by atoms with Crippen molar-refractivity contribution in [3.8, 4) is 12.1 Å². The Morgan fingerprint density at radius 1 is 1.57 bits per heavy atom. The Morgan fingerprint density at radius 2 is 2.36 bits per heavy atom. The second-order valence-electron chi connectivity index (χ2n) is 3.45. The molecule has 0 aromatic heterocycles. The second kappa shape index (κ2) is 5.04. The fraction of sp³-hybridized carbons (Fsp3) is 0.333. The molecule has 0 aliphatic heterocycles. The van der Waals surface area contributed by atoms with Crippen molar-refractivity contribution in [2.24, 2.45) is 5.92 Å². The number of allylic oxidation sites excluding steroid dienone is 6. The van der Waals surface area contributed by atoms with Crippen LogP contribution in [0.25, 0.3) is 0 Å². The van der Waals surface area contributed by atoms with Gasteiger partial charge in [0, 0.05) is 6.08 Å². The maximum absolute atomic E-state index is 8.59. The van der Waals surface area contributed by atoms with Gasteiger partial charge in [0.25, 0.3) is 0 Å². The molecule has 0 fully saturated rings. The molecule has 1 aliphatic rings. The van der Waals surface area contributed by atoms with Gasteiger partial charge in [-0.1, -0.05) is 24.6 Å². The lowest BCUT2D eigenvalue weighted by Gasteiger charge is -2.15. The number of nitriles is 2. The van der Waals surface area contributed by atoms with Crippen LogP contribution in [0.1, 0.15) is 19.8 Å². The van der Waals surface area contributed by atoms with E-state index in [4.69, 9.17) is 10.5 Å². The first-order chi connectivity index (χ1) is 6.76. The number of hydrogen-bond acceptors (Lipinski definition) is 2. The lowest BCUT2D eigenvalue weighted by molar-refractivity contribution is 0.693. The van der Waals surface area contributed by atoms with E-state index in [1.165, 1.54) is 6.08 Å². The van der Waals surface area contributed by atoms with E-state index in [0.717, 1.165) is 17.6 Å². The minimum atomic E-state index is 0.460. The van der Waals surface area contributed by atoms with Gasteiger partial charge in [0.2, 0.25) is 0 Å². The van der Waals surface area contributed by atoms with Gasteiger partial charge in [0.05, 0.1) is 18.6 Å². The smallest absolute Gasteiger partial charge is 0.0912 e. The van der Waals surface area contributed by atoms with Crippen molar-refractivity contribution < 1.29 is 0 Å². The van der Waals surface area contributed by atoms with Crippen molar-refractivity contribution >= 4 is 0 Å². The van der Waals surface area contributed by atoms with Crippen molar-refractivity contribution in [3.63, 3.8) is 0 Å². The molecule has 1 unspecified atom stereocenters. The first-order valence-corrected chi connectivity index (χ1v) is 4.60. The van der Waals surface area contributed by atoms with E-state index in [9.17, 15) is 0 Å². The highest BCUT2D eigenvalue weighted by molar-refractivity contribution is 5.39. The van der Waals surface area contributed by atoms with Gasteiger partial charge >= 0.3 is 0 Å². The summed E-state index contributed by atoms with van der Waals surface area (Å²) in [6, 6.07) is 4.11. The van der Waals surface area contributed by atoms with Crippen LogP contribution < -0.4 is 0 Å². The summed E-state index contributed by atoms with van der Waals surface area (Å²) in [4.78, 5) is 0. The third-order valence-electron chi connectivity index (χ3n) is 2.09. The summed E-state index contributed by atoms with van der Waals surface area (Å²) >= 11 is 0. The molecule has 0 aromatic rings. The summed E-state index contributed by atoms with van der Waals surface area (Å²) in [5.41, 5.74) is 2.19. The van der Waals surface area contributed by atoms with E-state index in [0.29, 0.717) is 12.3 Å². The van der Waals surface area contributed by atoms with Gasteiger partial charge in [-0.2, -0.15) is 10.5 Å². The first-order valence-electron chi connectivity index (χ1n) is 4.60. The zero-order chi connectivity index (χ0) is 10.4. The lowest BCUT2D eigenvalue weighted by atomic mass is 9.90. The van der Waals surface area contributed by atoms with Gasteiger partial charge in [0.1, 0.15) is 0 Å². The Balaban J connectivity index is 2.81. The first kappa shape index (κ1) is 10.3. The maximum Gasteiger partial charge on any atom is 0.0912 e. The van der Waals surface area contributed by atoms with Gasteiger partial charge in [0.15, 0.2) is 0 Å². The van der Waals surface area contributed by atoms with Crippen molar-refractivity contribution in [1.82, 2.24) is 0 Å². The number of rotatable bonds is 2. The quantitative estimate of drug-likeness (QED) is 0.619. The molecule has 0 saturated heterocycles. The predicted octanol–water partition coefficient (Wildman–Crippen LogP) is 2.87. The molecule has 0 bridgehead atoms. The molecule has 0 spiro atoms. The Hall–Kier alpha value is -1.80. The monoisotopic (exact) mass is 184 g/mol. The fourth-order valence-corrected chi connectivity index (χ4v) is 1.61. The number of nitrogens with zero attached hydrogens (tertiary/aromatic N) is 2. The molecule has 1 atom stereocenters. The molecule has 0 amide bonds. The van der Waals surface area contributed by atoms with Gasteiger partial charge in [-0.05, 0) is 24.0 Å². The van der Waals surface area contributed by atoms with Crippen molar-refractivity contribution in [2.75, 3.05) is 0 Å². The van der Waals surface area contributed by atoms with Crippen LogP contribution in [0.2, 0.25) is 0 Å². The van der Waals surface area contributed by atoms with Crippen LogP contribution in [0.5, 0.6) is 0 Å². The average molecular weight is 184 g/mol. The Kier molecular flexibility index (Phi) is 3.70. The summed E-state index contributed by atoms with van der Waals surface area (Å²) < 4.78 is 0. The van der Waals surface area contributed by atoms with Crippen LogP contribution in [-0.2, 0) is 0 Å². The molecule has 0 saturated carbocycles. The molecule has 0 aromatic carbocycles. The molecule has 2 heteroatoms. The van der Waals surface area contributed by atoms with E-state index >= 15 is 0 Å². The van der Waals surface area contributed by atoms with Crippen LogP contribution in [-0.4, -0.2) is 0 Å². The minimum Gasteiger partial charge on any atom is -0.198 e. The Labute approximate surface area is 84.5 Å². The van der Waals surface area contributed by atoms with Crippen LogP contribution in [0, 0.1) is 28.6 Å². The second-order valence-corrected chi connectivity index (χ2v) is 3.45. The lowest BCUT2D eigenvalue weighted by Crippen LogP contribution is -2.00. The Morgan fingerprint density at radius 3 is 3.00 bits per heavy atom. The summed E-state index contributed by atoms with van der Waals surface area (Å²) in [6.07, 6.45) is 8.81. The zero-order valence-electron chi connectivity index (χ0n) is 8.20. The molecular formula is C12H12N2. The number of hydrogen-bond donors (Lipinski definition) is 0. The van der Waals surface area contributed by atoms with E-state index in [1.54, 1.807) is 6.08 Å². The van der Waals surface area contributed by atoms with Gasteiger partial charge in [-0.25, -0.2) is 0 Å². The van der Waals surface area contributed by atoms with Crippen LogP contribution in [0.15, 0.2) is 35.5 Å². The Bertz CT molecular complexity index is 372. The molecular weight excluding hydrogens is 172 g/mol. The molecule has 0 N–H and O–H groups in total. The summed E-state index contributed by atoms with van der Waals surface area (Å²) in [5.74, 6) is 0.460. The third-order valence-corrected chi connectivity index (χ3v) is 2.09. The normalized spacial score (nSPS) is 20.9. The summed E-state index contributed by atoms with van der Waals surface area (Å²) in [7, 11) is 0. The van der Waals surface area contributed by atoms with Crippen LogP contribution in [0.3, 0.4) is 0 Å². The minimum absolute atomic E-state index is 0.460. The van der Waals surface area contributed by atoms with Crippen molar-refractivity contribution in [3.05, 3.63) is 35.5 Å². The zero-order valence-corrected chi connectivity index (χ0v) is 8.20. The highest BCUT2D eigenvalue weighted by atomic mass is 14.2. The third kappa shape index (κ3) is 2.92. The molecule has 1 rings (SSSR count). The SMILES string of the molecule is CC1C=C(/C=C/C#N)C=C(CC#N)C1. The molecule has 0 radical (unpaired) electrons. The largest absolute Gasteiger partial charge is 0.198 e. The molecule has 14 heavy (non-hydrogen) atoms. The van der Waals surface area contributed by atoms with Crippen LogP contribution >= 0.6 is 0 Å². The van der Waals surface area contributed by atoms with Gasteiger partial charge in [-0.15, -0.1) is 0 Å². The van der Waals surface area contributed by atoms with E-state index in [1.807, 2.05) is 12.1 Å². The highest BCUT2D eigenvalue weighted by Gasteiger charge is 2.09. The van der Waals surface area contributed by atoms with Crippen molar-refractivity contribution in [2.45, 2.75) is 19.8 Å². The predicted molar refractivity (Wildman–Crippen MR) is 54.9 cm³/mol. The van der Waals surface area contributed by atoms with E-state index in [-0.39, 0.29) is 0 Å². The van der Waals surface area contributed by atoms with Crippen molar-refractivity contribution in [1.29, 1.82) is 10.5 Å². The van der Waals surface area contributed by atoms with E-state index < -0.39 is 0 Å². The molecule has 70 valence electrons. The highest BCUT2D eigenvalue weighted by Crippen LogP contribution is 2.24. The maximum atomic E-state index is 8.59. The topological polar surface area (TPSA) is 47.6 Å². The van der Waals surface area contributed by atoms with Crippen LogP contribution in [0.4, 0.5) is 0 Å². The summed E-state index contributed by atoms with van der Waals surface area (Å²) in [6.45, 7) is 2.12. The fourth-order valence-electron chi connectivity index (χ4n) is 1.61. The molecule has 2 nitrogen and oxygen atoms in total. The molecule has 0 heterocycles. The summed E-state index contributed by atoms with van der Waals surface area (Å²) in [5, 5.41) is 17.0. The standard InChI is InChI=1S/C12H12N2/c1-10-7-11(3-2-5-13)9-12(8-10)4-6-14/h2-3,7,9-10H,4,8H2,1H3/b3-2+. The average Bonchev–Trinajstić information content (AvgIpc) is 2.14. The van der Waals surface area contributed by atoms with Gasteiger partial charge in [-0.3, -0.25) is 0 Å².